The van der Waals surface area contributed by atoms with Crippen molar-refractivity contribution in [1.29, 1.82) is 0 Å². The van der Waals surface area contributed by atoms with Crippen LogP contribution >= 0.6 is 0 Å². The Morgan fingerprint density at radius 2 is 2.00 bits per heavy atom. The molecular formula is C16H21N5O3. The Bertz CT molecular complexity index is 636. The van der Waals surface area contributed by atoms with Crippen LogP contribution in [0.15, 0.2) is 23.0 Å². The van der Waals surface area contributed by atoms with Crippen molar-refractivity contribution in [2.45, 2.75) is 44.4 Å². The highest BCUT2D eigenvalue weighted by molar-refractivity contribution is 4.96. The van der Waals surface area contributed by atoms with Crippen LogP contribution in [0.1, 0.15) is 43.5 Å². The van der Waals surface area contributed by atoms with E-state index in [0.29, 0.717) is 18.4 Å². The van der Waals surface area contributed by atoms with Gasteiger partial charge in [-0.2, -0.15) is 4.98 Å². The topological polar surface area (TPSA) is 86.4 Å². The van der Waals surface area contributed by atoms with Crippen LogP contribution < -0.4 is 4.74 Å². The number of hydrogen-bond acceptors (Lipinski definition) is 8. The van der Waals surface area contributed by atoms with Crippen molar-refractivity contribution in [3.8, 4) is 6.01 Å². The molecule has 8 nitrogen and oxygen atoms in total. The summed E-state index contributed by atoms with van der Waals surface area (Å²) in [4.78, 5) is 15.0. The second-order valence-corrected chi connectivity index (χ2v) is 6.18. The fourth-order valence-corrected chi connectivity index (χ4v) is 3.12. The number of rotatable bonds is 5. The summed E-state index contributed by atoms with van der Waals surface area (Å²) in [7, 11) is 0. The van der Waals surface area contributed by atoms with E-state index in [1.54, 1.807) is 18.5 Å². The lowest BCUT2D eigenvalue weighted by Gasteiger charge is -2.30. The molecule has 2 aliphatic rings. The highest BCUT2D eigenvalue weighted by Gasteiger charge is 2.26. The minimum absolute atomic E-state index is 0.0174. The molecule has 0 amide bonds. The first kappa shape index (κ1) is 15.5. The second-order valence-electron chi connectivity index (χ2n) is 6.18. The Labute approximate surface area is 140 Å². The fraction of sp³-hybridized carbons (Fsp3) is 0.625. The quantitative estimate of drug-likeness (QED) is 0.819. The van der Waals surface area contributed by atoms with Gasteiger partial charge >= 0.3 is 6.01 Å². The van der Waals surface area contributed by atoms with E-state index in [1.165, 1.54) is 0 Å². The normalized spacial score (nSPS) is 22.8. The molecular weight excluding hydrogens is 310 g/mol. The zero-order valence-electron chi connectivity index (χ0n) is 13.5. The third-order valence-electron chi connectivity index (χ3n) is 4.40. The average Bonchev–Trinajstić information content (AvgIpc) is 3.29. The number of nitrogens with zero attached hydrogens (tertiary/aromatic N) is 5. The molecule has 0 bridgehead atoms. The van der Waals surface area contributed by atoms with E-state index in [4.69, 9.17) is 14.0 Å². The lowest BCUT2D eigenvalue weighted by atomic mass is 10.1. The van der Waals surface area contributed by atoms with Gasteiger partial charge in [0.1, 0.15) is 12.2 Å². The van der Waals surface area contributed by atoms with Gasteiger partial charge in [-0.1, -0.05) is 5.16 Å². The molecule has 0 aromatic carbocycles. The van der Waals surface area contributed by atoms with Crippen LogP contribution in [-0.4, -0.2) is 50.8 Å². The Kier molecular flexibility index (Phi) is 4.66. The molecule has 4 rings (SSSR count). The van der Waals surface area contributed by atoms with Crippen LogP contribution in [0.5, 0.6) is 6.01 Å². The standard InChI is InChI=1S/C16H21N5O3/c1-3-13(22-10-1)15-19-14(20-24-15)11-21-8-4-12(5-9-21)23-16-17-6-2-7-18-16/h2,6-7,12-13H,1,3-5,8-11H2. The first-order chi connectivity index (χ1) is 11.9. The van der Waals surface area contributed by atoms with Crippen LogP contribution in [0.3, 0.4) is 0 Å². The maximum Gasteiger partial charge on any atom is 0.316 e. The molecule has 0 spiro atoms. The first-order valence-electron chi connectivity index (χ1n) is 8.47. The highest BCUT2D eigenvalue weighted by Crippen LogP contribution is 2.27. The number of ether oxygens (including phenoxy) is 2. The van der Waals surface area contributed by atoms with Crippen LogP contribution in [0.2, 0.25) is 0 Å². The van der Waals surface area contributed by atoms with E-state index in [1.807, 2.05) is 0 Å². The smallest absolute Gasteiger partial charge is 0.316 e. The average molecular weight is 331 g/mol. The van der Waals surface area contributed by atoms with Gasteiger partial charge in [0.15, 0.2) is 5.82 Å². The van der Waals surface area contributed by atoms with Gasteiger partial charge in [-0.3, -0.25) is 4.90 Å². The molecule has 2 saturated heterocycles. The van der Waals surface area contributed by atoms with E-state index >= 15 is 0 Å². The SMILES string of the molecule is c1cnc(OC2CCN(Cc3noc(C4CCCO4)n3)CC2)nc1. The van der Waals surface area contributed by atoms with Crippen molar-refractivity contribution < 1.29 is 14.0 Å². The van der Waals surface area contributed by atoms with Gasteiger partial charge in [-0.25, -0.2) is 9.97 Å². The molecule has 4 heterocycles. The van der Waals surface area contributed by atoms with Crippen molar-refractivity contribution in [3.05, 3.63) is 30.2 Å². The van der Waals surface area contributed by atoms with E-state index in [0.717, 1.165) is 51.2 Å². The fourth-order valence-electron chi connectivity index (χ4n) is 3.12. The third kappa shape index (κ3) is 3.70. The molecule has 0 aliphatic carbocycles. The molecule has 2 fully saturated rings. The molecule has 0 N–H and O–H groups in total. The predicted octanol–water partition coefficient (Wildman–Crippen LogP) is 1.75. The van der Waals surface area contributed by atoms with Crippen molar-refractivity contribution in [3.63, 3.8) is 0 Å². The summed E-state index contributed by atoms with van der Waals surface area (Å²) in [5.74, 6) is 1.34. The van der Waals surface area contributed by atoms with Crippen LogP contribution in [0.25, 0.3) is 0 Å². The van der Waals surface area contributed by atoms with E-state index in [-0.39, 0.29) is 12.2 Å². The molecule has 0 saturated carbocycles. The summed E-state index contributed by atoms with van der Waals surface area (Å²) in [6.07, 6.45) is 7.43. The zero-order valence-corrected chi connectivity index (χ0v) is 13.5. The summed E-state index contributed by atoms with van der Waals surface area (Å²) in [6, 6.07) is 2.24. The number of likely N-dealkylation sites (tertiary alicyclic amines) is 1. The summed E-state index contributed by atoms with van der Waals surface area (Å²) in [5, 5.41) is 4.08. The zero-order chi connectivity index (χ0) is 16.2. The lowest BCUT2D eigenvalue weighted by Crippen LogP contribution is -2.38. The molecule has 1 atom stereocenters. The first-order valence-corrected chi connectivity index (χ1v) is 8.47. The molecule has 2 aliphatic heterocycles. The van der Waals surface area contributed by atoms with Gasteiger partial charge in [0.25, 0.3) is 5.89 Å². The minimum Gasteiger partial charge on any atom is -0.460 e. The van der Waals surface area contributed by atoms with Gasteiger partial charge in [0.2, 0.25) is 0 Å². The van der Waals surface area contributed by atoms with Gasteiger partial charge in [0.05, 0.1) is 6.54 Å². The maximum absolute atomic E-state index is 5.81. The lowest BCUT2D eigenvalue weighted by molar-refractivity contribution is 0.0833. The van der Waals surface area contributed by atoms with Gasteiger partial charge in [-0.05, 0) is 31.7 Å². The number of hydrogen-bond donors (Lipinski definition) is 0. The Morgan fingerprint density at radius 3 is 2.75 bits per heavy atom. The van der Waals surface area contributed by atoms with Crippen LogP contribution in [-0.2, 0) is 11.3 Å². The Hall–Kier alpha value is -2.06. The van der Waals surface area contributed by atoms with Crippen molar-refractivity contribution >= 4 is 0 Å². The number of piperidine rings is 1. The largest absolute Gasteiger partial charge is 0.460 e. The molecule has 1 unspecified atom stereocenters. The summed E-state index contributed by atoms with van der Waals surface area (Å²) >= 11 is 0. The van der Waals surface area contributed by atoms with Gasteiger partial charge < -0.3 is 14.0 Å². The highest BCUT2D eigenvalue weighted by atomic mass is 16.5. The van der Waals surface area contributed by atoms with Crippen LogP contribution in [0, 0.1) is 0 Å². The van der Waals surface area contributed by atoms with Crippen molar-refractivity contribution in [2.75, 3.05) is 19.7 Å². The van der Waals surface area contributed by atoms with Gasteiger partial charge in [0, 0.05) is 32.1 Å². The second kappa shape index (κ2) is 7.23. The molecule has 24 heavy (non-hydrogen) atoms. The predicted molar refractivity (Wildman–Crippen MR) is 83.2 cm³/mol. The Morgan fingerprint density at radius 1 is 1.17 bits per heavy atom. The monoisotopic (exact) mass is 331 g/mol. The van der Waals surface area contributed by atoms with Crippen LogP contribution in [0.4, 0.5) is 0 Å². The van der Waals surface area contributed by atoms with Gasteiger partial charge in [-0.15, -0.1) is 0 Å². The Balaban J connectivity index is 1.26. The number of aromatic nitrogens is 4. The maximum atomic E-state index is 5.81. The summed E-state index contributed by atoms with van der Waals surface area (Å²) in [6.45, 7) is 3.34. The molecule has 8 heteroatoms. The van der Waals surface area contributed by atoms with Crippen molar-refractivity contribution in [1.82, 2.24) is 25.0 Å². The summed E-state index contributed by atoms with van der Waals surface area (Å²) < 4.78 is 16.7. The minimum atomic E-state index is -0.0174. The molecule has 2 aromatic heterocycles. The molecule has 2 aromatic rings. The van der Waals surface area contributed by atoms with E-state index in [9.17, 15) is 0 Å². The molecule has 128 valence electrons. The summed E-state index contributed by atoms with van der Waals surface area (Å²) in [5.41, 5.74) is 0. The van der Waals surface area contributed by atoms with Crippen molar-refractivity contribution in [2.24, 2.45) is 0 Å². The molecule has 0 radical (unpaired) electrons. The van der Waals surface area contributed by atoms with E-state index < -0.39 is 0 Å². The third-order valence-corrected chi connectivity index (χ3v) is 4.40. The van der Waals surface area contributed by atoms with E-state index in [2.05, 4.69) is 25.0 Å².